The SMILES string of the molecule is CC1(C)[C@H](Cl)C[C@]23[C@@H]4CC(=O)N2C=CC2=NC(=O)N[C@@]21N3c1cc(Br)ccc14. The lowest BCUT2D eigenvalue weighted by Gasteiger charge is -2.63. The minimum Gasteiger partial charge on any atom is -0.318 e. The van der Waals surface area contributed by atoms with Gasteiger partial charge in [0.2, 0.25) is 5.91 Å². The molecule has 0 aromatic heterocycles. The number of amides is 3. The summed E-state index contributed by atoms with van der Waals surface area (Å²) in [6.07, 6.45) is 4.66. The van der Waals surface area contributed by atoms with Gasteiger partial charge in [0.25, 0.3) is 0 Å². The molecule has 1 aromatic rings. The fourth-order valence-electron chi connectivity index (χ4n) is 6.11. The van der Waals surface area contributed by atoms with E-state index in [9.17, 15) is 9.59 Å². The number of hydrogen-bond acceptors (Lipinski definition) is 3. The average Bonchev–Trinajstić information content (AvgIpc) is 3.14. The number of fused-ring (bicyclic) bond motifs is 2. The summed E-state index contributed by atoms with van der Waals surface area (Å²) in [5.41, 5.74) is 0.664. The van der Waals surface area contributed by atoms with Crippen molar-refractivity contribution in [1.29, 1.82) is 0 Å². The van der Waals surface area contributed by atoms with Crippen molar-refractivity contribution >= 4 is 50.9 Å². The molecular weight excluding hydrogens is 444 g/mol. The molecule has 4 atom stereocenters. The van der Waals surface area contributed by atoms with Crippen molar-refractivity contribution in [3.63, 3.8) is 0 Å². The lowest BCUT2D eigenvalue weighted by molar-refractivity contribution is -0.129. The highest BCUT2D eigenvalue weighted by Crippen LogP contribution is 2.67. The van der Waals surface area contributed by atoms with Gasteiger partial charge in [-0.3, -0.25) is 9.69 Å². The van der Waals surface area contributed by atoms with Crippen molar-refractivity contribution in [2.24, 2.45) is 10.4 Å². The molecule has 3 amide bonds. The van der Waals surface area contributed by atoms with Crippen LogP contribution in [0, 0.1) is 5.41 Å². The summed E-state index contributed by atoms with van der Waals surface area (Å²) >= 11 is 10.6. The van der Waals surface area contributed by atoms with E-state index in [1.54, 1.807) is 0 Å². The van der Waals surface area contributed by atoms with Crippen LogP contribution in [0.5, 0.6) is 0 Å². The molecule has 1 aromatic carbocycles. The maximum absolute atomic E-state index is 13.0. The number of halogens is 2. The van der Waals surface area contributed by atoms with Crippen molar-refractivity contribution in [3.05, 3.63) is 40.5 Å². The number of benzene rings is 1. The van der Waals surface area contributed by atoms with Crippen LogP contribution in [0.1, 0.15) is 38.2 Å². The maximum atomic E-state index is 13.0. The highest BCUT2D eigenvalue weighted by Gasteiger charge is 2.76. The van der Waals surface area contributed by atoms with Crippen molar-refractivity contribution < 1.29 is 9.59 Å². The van der Waals surface area contributed by atoms with E-state index in [0.717, 1.165) is 15.7 Å². The van der Waals surface area contributed by atoms with Gasteiger partial charge in [0, 0.05) is 45.9 Å². The Kier molecular flexibility index (Phi) is 2.93. The van der Waals surface area contributed by atoms with E-state index in [-0.39, 0.29) is 23.2 Å². The van der Waals surface area contributed by atoms with E-state index >= 15 is 0 Å². The Labute approximate surface area is 175 Å². The minimum atomic E-state index is -0.922. The van der Waals surface area contributed by atoms with Crippen LogP contribution in [0.2, 0.25) is 0 Å². The number of carbonyl (C=O) groups is 2. The Morgan fingerprint density at radius 2 is 2.11 bits per heavy atom. The molecule has 2 saturated heterocycles. The van der Waals surface area contributed by atoms with E-state index in [1.807, 2.05) is 23.2 Å². The number of carbonyl (C=O) groups excluding carboxylic acids is 2. The number of aliphatic imine (C=N–C) groups is 1. The predicted molar refractivity (Wildman–Crippen MR) is 109 cm³/mol. The maximum Gasteiger partial charge on any atom is 0.343 e. The summed E-state index contributed by atoms with van der Waals surface area (Å²) in [6, 6.07) is 5.81. The summed E-state index contributed by atoms with van der Waals surface area (Å²) < 4.78 is 0.954. The molecule has 6 rings (SSSR count). The fraction of sp³-hybridized carbons (Fsp3) is 0.450. The normalized spacial score (nSPS) is 38.6. The van der Waals surface area contributed by atoms with Crippen molar-refractivity contribution in [2.45, 2.75) is 49.3 Å². The van der Waals surface area contributed by atoms with E-state index in [1.165, 1.54) is 0 Å². The zero-order valence-corrected chi connectivity index (χ0v) is 17.7. The molecule has 0 aliphatic carbocycles. The van der Waals surface area contributed by atoms with Crippen LogP contribution in [0.4, 0.5) is 10.5 Å². The van der Waals surface area contributed by atoms with Crippen LogP contribution in [0.3, 0.4) is 0 Å². The Balaban J connectivity index is 1.77. The third-order valence-corrected chi connectivity index (χ3v) is 8.60. The Hall–Kier alpha value is -1.86. The highest BCUT2D eigenvalue weighted by atomic mass is 79.9. The quantitative estimate of drug-likeness (QED) is 0.599. The molecule has 5 heterocycles. The molecule has 0 radical (unpaired) electrons. The summed E-state index contributed by atoms with van der Waals surface area (Å²) in [5, 5.41) is 2.90. The molecule has 5 aliphatic rings. The second-order valence-corrected chi connectivity index (χ2v) is 10.2. The van der Waals surface area contributed by atoms with Gasteiger partial charge in [-0.15, -0.1) is 11.6 Å². The van der Waals surface area contributed by atoms with Crippen LogP contribution in [0.25, 0.3) is 0 Å². The number of rotatable bonds is 0. The van der Waals surface area contributed by atoms with E-state index in [0.29, 0.717) is 18.6 Å². The van der Waals surface area contributed by atoms with Crippen LogP contribution >= 0.6 is 27.5 Å². The lowest BCUT2D eigenvalue weighted by atomic mass is 9.65. The number of alkyl halides is 1. The number of urea groups is 1. The zero-order valence-electron chi connectivity index (χ0n) is 15.4. The molecule has 2 bridgehead atoms. The molecule has 144 valence electrons. The third kappa shape index (κ3) is 1.56. The van der Waals surface area contributed by atoms with Gasteiger partial charge in [-0.05, 0) is 23.8 Å². The Morgan fingerprint density at radius 3 is 2.89 bits per heavy atom. The van der Waals surface area contributed by atoms with Gasteiger partial charge >= 0.3 is 6.03 Å². The first-order valence-corrected chi connectivity index (χ1v) is 10.6. The van der Waals surface area contributed by atoms with Gasteiger partial charge in [0.15, 0.2) is 5.66 Å². The van der Waals surface area contributed by atoms with Crippen LogP contribution in [-0.4, -0.2) is 39.3 Å². The first kappa shape index (κ1) is 17.0. The average molecular weight is 462 g/mol. The third-order valence-electron chi connectivity index (χ3n) is 7.41. The molecule has 6 nitrogen and oxygen atoms in total. The first-order valence-electron chi connectivity index (χ1n) is 9.39. The standard InChI is InChI=1S/C20H18BrClN4O2/c1-18(2)14(22)9-19-12-8-16(27)25(19)6-5-15-20(18,24-17(28)23-15)26(19)13-7-10(21)3-4-11(12)13/h3-7,12,14H,8-9H2,1-2H3,(H,24,28)/t12-,14-,19+,20-/m1/s1. The largest absolute Gasteiger partial charge is 0.343 e. The second kappa shape index (κ2) is 4.82. The molecule has 2 fully saturated rings. The minimum absolute atomic E-state index is 0.0150. The summed E-state index contributed by atoms with van der Waals surface area (Å²) in [7, 11) is 0. The van der Waals surface area contributed by atoms with Gasteiger partial charge in [-0.2, -0.15) is 4.99 Å². The molecule has 0 saturated carbocycles. The number of anilines is 1. The van der Waals surface area contributed by atoms with Crippen LogP contribution in [-0.2, 0) is 4.79 Å². The van der Waals surface area contributed by atoms with Gasteiger partial charge in [-0.25, -0.2) is 4.79 Å². The number of hydrogen-bond donors (Lipinski definition) is 1. The summed E-state index contributed by atoms with van der Waals surface area (Å²) in [4.78, 5) is 34.0. The second-order valence-electron chi connectivity index (χ2n) is 8.78. The van der Waals surface area contributed by atoms with Gasteiger partial charge in [0.1, 0.15) is 5.66 Å². The smallest absolute Gasteiger partial charge is 0.318 e. The summed E-state index contributed by atoms with van der Waals surface area (Å²) in [6.45, 7) is 4.15. The zero-order chi connectivity index (χ0) is 19.6. The van der Waals surface area contributed by atoms with Crippen molar-refractivity contribution in [2.75, 3.05) is 4.90 Å². The molecule has 2 spiro atoms. The van der Waals surface area contributed by atoms with Gasteiger partial charge in [-0.1, -0.05) is 35.8 Å². The molecule has 1 N–H and O–H groups in total. The molecule has 5 aliphatic heterocycles. The molecule has 28 heavy (non-hydrogen) atoms. The predicted octanol–water partition coefficient (Wildman–Crippen LogP) is 3.71. The molecule has 0 unspecified atom stereocenters. The van der Waals surface area contributed by atoms with Gasteiger partial charge in [0.05, 0.1) is 5.71 Å². The Morgan fingerprint density at radius 1 is 1.32 bits per heavy atom. The fourth-order valence-corrected chi connectivity index (χ4v) is 6.84. The topological polar surface area (TPSA) is 65.0 Å². The molecule has 8 heteroatoms. The highest BCUT2D eigenvalue weighted by molar-refractivity contribution is 9.10. The van der Waals surface area contributed by atoms with Crippen LogP contribution < -0.4 is 10.2 Å². The van der Waals surface area contributed by atoms with Crippen molar-refractivity contribution in [3.8, 4) is 0 Å². The molecular formula is C20H18BrClN4O2. The van der Waals surface area contributed by atoms with E-state index in [4.69, 9.17) is 11.6 Å². The van der Waals surface area contributed by atoms with E-state index in [2.05, 4.69) is 57.1 Å². The number of piperidine rings is 1. The lowest BCUT2D eigenvalue weighted by Crippen LogP contribution is -2.81. The van der Waals surface area contributed by atoms with Gasteiger partial charge < -0.3 is 10.2 Å². The monoisotopic (exact) mass is 460 g/mol. The van der Waals surface area contributed by atoms with Crippen LogP contribution in [0.15, 0.2) is 39.9 Å². The van der Waals surface area contributed by atoms with Crippen molar-refractivity contribution in [1.82, 2.24) is 10.2 Å². The summed E-state index contributed by atoms with van der Waals surface area (Å²) in [5.74, 6) is 0.0595. The number of nitrogens with one attached hydrogen (secondary N) is 1. The first-order chi connectivity index (χ1) is 13.2. The Bertz CT molecular complexity index is 1050. The number of nitrogens with zero attached hydrogens (tertiary/aromatic N) is 3. The van der Waals surface area contributed by atoms with E-state index < -0.39 is 16.7 Å².